The molecule has 13 nitrogen and oxygen atoms in total. The summed E-state index contributed by atoms with van der Waals surface area (Å²) in [7, 11) is -2.30. The second kappa shape index (κ2) is 13.3. The standard InChI is InChI=1S/C35H52N6O7S/c1-33(2,3)28(38-32(46)39-35(17-11-8-12-18-35)20-40(6)49(47,48)22-13-9-7-10-14-22)31(45)41-19-23-24(34(23,4)5)26(41)30(44)37-25(21-15-16-21)27(42)29(36)43/h7,9-10,13-14,21,23-26,28H,8,11-12,15-20H2,1-6H3,(H2,36,43)(H,37,44)(H2,38,39,46)/t23-,24-,25?,26-,28+/m0/s1. The van der Waals surface area contributed by atoms with Crippen LogP contribution in [0.3, 0.4) is 0 Å². The highest BCUT2D eigenvalue weighted by Crippen LogP contribution is 2.65. The molecule has 0 spiro atoms. The van der Waals surface area contributed by atoms with E-state index in [4.69, 9.17) is 5.73 Å². The van der Waals surface area contributed by atoms with E-state index in [9.17, 15) is 32.4 Å². The number of likely N-dealkylation sites (N-methyl/N-ethyl adjacent to an activating group) is 1. The molecular formula is C35H52N6O7S. The van der Waals surface area contributed by atoms with Crippen LogP contribution in [-0.2, 0) is 29.2 Å². The lowest BCUT2D eigenvalue weighted by Gasteiger charge is -2.42. The summed E-state index contributed by atoms with van der Waals surface area (Å²) in [4.78, 5) is 68.1. The van der Waals surface area contributed by atoms with Gasteiger partial charge in [-0.2, -0.15) is 4.31 Å². The Labute approximate surface area is 289 Å². The number of hydrogen-bond acceptors (Lipinski definition) is 7. The fraction of sp³-hybridized carbons (Fsp3) is 0.686. The molecule has 1 aromatic carbocycles. The number of benzene rings is 1. The number of nitrogens with two attached hydrogens (primary N) is 1. The van der Waals surface area contributed by atoms with Crippen LogP contribution >= 0.6 is 0 Å². The number of likely N-dealkylation sites (tertiary alicyclic amines) is 1. The van der Waals surface area contributed by atoms with E-state index in [-0.39, 0.29) is 34.6 Å². The normalized spacial score (nSPS) is 25.4. The number of rotatable bonds is 12. The second-order valence-electron chi connectivity index (χ2n) is 16.3. The average molecular weight is 701 g/mol. The van der Waals surface area contributed by atoms with Crippen molar-refractivity contribution in [3.8, 4) is 0 Å². The van der Waals surface area contributed by atoms with Crippen molar-refractivity contribution in [2.45, 2.75) is 108 Å². The highest BCUT2D eigenvalue weighted by atomic mass is 32.2. The number of nitrogens with zero attached hydrogens (tertiary/aromatic N) is 2. The van der Waals surface area contributed by atoms with Crippen molar-refractivity contribution in [2.75, 3.05) is 20.1 Å². The zero-order chi connectivity index (χ0) is 36.1. The minimum absolute atomic E-state index is 0.0560. The SMILES string of the molecule is CN(CC1(NC(=O)N[C@H](C(=O)N2C[C@H]3[C@@H]([C@H]2C(=O)NC(C(=O)C(N)=O)C2CC2)C3(C)C)C(C)(C)C)CCCCC1)S(=O)(=O)c1ccccc1. The maximum absolute atomic E-state index is 14.4. The molecule has 1 saturated heterocycles. The minimum atomic E-state index is -3.81. The predicted octanol–water partition coefficient (Wildman–Crippen LogP) is 2.16. The number of nitrogens with one attached hydrogen (secondary N) is 3. The van der Waals surface area contributed by atoms with Crippen LogP contribution in [0.1, 0.15) is 79.6 Å². The van der Waals surface area contributed by atoms with Crippen LogP contribution in [0, 0.1) is 28.6 Å². The number of ketones is 1. The molecular weight excluding hydrogens is 648 g/mol. The monoisotopic (exact) mass is 700 g/mol. The number of fused-ring (bicyclic) bond motifs is 1. The quantitative estimate of drug-likeness (QED) is 0.241. The number of amides is 5. The smallest absolute Gasteiger partial charge is 0.315 e. The lowest BCUT2D eigenvalue weighted by molar-refractivity contribution is -0.145. The summed E-state index contributed by atoms with van der Waals surface area (Å²) in [5.41, 5.74) is 3.47. The van der Waals surface area contributed by atoms with Gasteiger partial charge in [-0.05, 0) is 66.4 Å². The fourth-order valence-corrected chi connectivity index (χ4v) is 9.37. The Kier molecular flexibility index (Phi) is 9.98. The topological polar surface area (TPSA) is 188 Å². The summed E-state index contributed by atoms with van der Waals surface area (Å²) in [6.07, 6.45) is 5.11. The Morgan fingerprint density at radius 1 is 1.00 bits per heavy atom. The van der Waals surface area contributed by atoms with Gasteiger partial charge in [0.1, 0.15) is 18.1 Å². The second-order valence-corrected chi connectivity index (χ2v) is 18.3. The van der Waals surface area contributed by atoms with E-state index in [1.807, 2.05) is 34.6 Å². The molecule has 1 aromatic rings. The highest BCUT2D eigenvalue weighted by Gasteiger charge is 2.70. The predicted molar refractivity (Wildman–Crippen MR) is 182 cm³/mol. The summed E-state index contributed by atoms with van der Waals surface area (Å²) in [6.45, 7) is 9.95. The number of piperidine rings is 1. The molecule has 1 unspecified atom stereocenters. The van der Waals surface area contributed by atoms with Crippen molar-refractivity contribution >= 4 is 39.6 Å². The van der Waals surface area contributed by atoms with Crippen LogP contribution in [0.15, 0.2) is 35.2 Å². The molecule has 3 aliphatic carbocycles. The van der Waals surface area contributed by atoms with E-state index >= 15 is 0 Å². The Bertz CT molecular complexity index is 1580. The van der Waals surface area contributed by atoms with Crippen LogP contribution in [0.4, 0.5) is 4.79 Å². The van der Waals surface area contributed by atoms with E-state index in [1.165, 1.54) is 28.4 Å². The van der Waals surface area contributed by atoms with E-state index in [0.717, 1.165) is 19.3 Å². The van der Waals surface area contributed by atoms with Gasteiger partial charge in [-0.3, -0.25) is 19.2 Å². The van der Waals surface area contributed by atoms with Crippen molar-refractivity contribution in [2.24, 2.45) is 34.3 Å². The minimum Gasteiger partial charge on any atom is -0.363 e. The van der Waals surface area contributed by atoms with E-state index < -0.39 is 68.6 Å². The van der Waals surface area contributed by atoms with Crippen LogP contribution in [-0.4, -0.2) is 91.0 Å². The number of carbonyl (C=O) groups excluding carboxylic acids is 5. The first-order chi connectivity index (χ1) is 22.8. The van der Waals surface area contributed by atoms with Gasteiger partial charge in [0.25, 0.3) is 5.91 Å². The number of hydrogen-bond donors (Lipinski definition) is 4. The lowest BCUT2D eigenvalue weighted by atomic mass is 9.81. The maximum Gasteiger partial charge on any atom is 0.315 e. The van der Waals surface area contributed by atoms with E-state index in [1.54, 1.807) is 18.2 Å². The summed E-state index contributed by atoms with van der Waals surface area (Å²) < 4.78 is 28.1. The third-order valence-electron chi connectivity index (χ3n) is 11.2. The molecule has 1 aliphatic heterocycles. The van der Waals surface area contributed by atoms with Gasteiger partial charge in [-0.15, -0.1) is 0 Å². The summed E-state index contributed by atoms with van der Waals surface area (Å²) in [5.74, 6) is -3.14. The number of Topliss-reactive ketones (excluding diaryl/α,β-unsaturated/α-hetero) is 1. The van der Waals surface area contributed by atoms with Crippen molar-refractivity contribution in [1.82, 2.24) is 25.2 Å². The zero-order valence-corrected chi connectivity index (χ0v) is 30.3. The van der Waals surface area contributed by atoms with Gasteiger partial charge >= 0.3 is 6.03 Å². The molecule has 1 heterocycles. The van der Waals surface area contributed by atoms with Gasteiger partial charge in [0.15, 0.2) is 0 Å². The molecule has 4 fully saturated rings. The van der Waals surface area contributed by atoms with Gasteiger partial charge < -0.3 is 26.6 Å². The third-order valence-corrected chi connectivity index (χ3v) is 13.0. The van der Waals surface area contributed by atoms with Crippen molar-refractivity contribution in [1.29, 1.82) is 0 Å². The van der Waals surface area contributed by atoms with Gasteiger partial charge in [-0.25, -0.2) is 13.2 Å². The Morgan fingerprint density at radius 3 is 2.16 bits per heavy atom. The Hall–Kier alpha value is -3.52. The third kappa shape index (κ3) is 7.50. The molecule has 0 bridgehead atoms. The number of primary amides is 1. The number of sulfonamides is 1. The van der Waals surface area contributed by atoms with Crippen molar-refractivity contribution in [3.63, 3.8) is 0 Å². The Morgan fingerprint density at radius 2 is 1.61 bits per heavy atom. The molecule has 3 saturated carbocycles. The summed E-state index contributed by atoms with van der Waals surface area (Å²) in [6, 6.07) is 4.63. The van der Waals surface area contributed by atoms with Crippen LogP contribution < -0.4 is 21.7 Å². The maximum atomic E-state index is 14.4. The van der Waals surface area contributed by atoms with Gasteiger partial charge in [0.2, 0.25) is 27.6 Å². The summed E-state index contributed by atoms with van der Waals surface area (Å²) in [5, 5.41) is 8.75. The van der Waals surface area contributed by atoms with E-state index in [2.05, 4.69) is 16.0 Å². The highest BCUT2D eigenvalue weighted by molar-refractivity contribution is 7.89. The fourth-order valence-electron chi connectivity index (χ4n) is 8.09. The van der Waals surface area contributed by atoms with Crippen LogP contribution in [0.2, 0.25) is 0 Å². The average Bonchev–Trinajstić information content (AvgIpc) is 3.91. The summed E-state index contributed by atoms with van der Waals surface area (Å²) >= 11 is 0. The number of carbonyl (C=O) groups is 5. The van der Waals surface area contributed by atoms with Gasteiger partial charge in [0.05, 0.1) is 10.4 Å². The lowest BCUT2D eigenvalue weighted by Crippen LogP contribution is -2.64. The van der Waals surface area contributed by atoms with Crippen molar-refractivity contribution in [3.05, 3.63) is 30.3 Å². The molecule has 4 aliphatic rings. The molecule has 5 atom stereocenters. The molecule has 49 heavy (non-hydrogen) atoms. The largest absolute Gasteiger partial charge is 0.363 e. The van der Waals surface area contributed by atoms with Crippen molar-refractivity contribution < 1.29 is 32.4 Å². The van der Waals surface area contributed by atoms with Gasteiger partial charge in [0, 0.05) is 20.1 Å². The number of urea groups is 1. The van der Waals surface area contributed by atoms with Crippen LogP contribution in [0.25, 0.3) is 0 Å². The molecule has 0 aromatic heterocycles. The molecule has 0 radical (unpaired) electrons. The molecule has 5 N–H and O–H groups in total. The van der Waals surface area contributed by atoms with E-state index in [0.29, 0.717) is 32.2 Å². The zero-order valence-electron chi connectivity index (χ0n) is 29.5. The molecule has 5 rings (SSSR count). The molecule has 14 heteroatoms. The molecule has 5 amide bonds. The first kappa shape index (κ1) is 36.8. The Balaban J connectivity index is 1.34. The first-order valence-corrected chi connectivity index (χ1v) is 18.8. The first-order valence-electron chi connectivity index (χ1n) is 17.3. The molecule has 270 valence electrons. The van der Waals surface area contributed by atoms with Crippen LogP contribution in [0.5, 0.6) is 0 Å². The van der Waals surface area contributed by atoms with Gasteiger partial charge in [-0.1, -0.05) is 72.1 Å².